The summed E-state index contributed by atoms with van der Waals surface area (Å²) in [5.74, 6) is 1.21. The normalized spacial score (nSPS) is 28.7. The molecule has 0 aliphatic heterocycles. The molecule has 0 bridgehead atoms. The molecule has 0 aromatic heterocycles. The van der Waals surface area contributed by atoms with Gasteiger partial charge in [0.2, 0.25) is 5.91 Å². The van der Waals surface area contributed by atoms with Gasteiger partial charge in [-0.15, -0.1) is 0 Å². The first-order chi connectivity index (χ1) is 9.08. The maximum absolute atomic E-state index is 11.9. The van der Waals surface area contributed by atoms with Gasteiger partial charge >= 0.3 is 0 Å². The first-order valence-electron chi connectivity index (χ1n) is 7.13. The highest BCUT2D eigenvalue weighted by atomic mass is 16.3. The predicted octanol–water partition coefficient (Wildman–Crippen LogP) is 1.85. The number of fused-ring (bicyclic) bond motifs is 3. The van der Waals surface area contributed by atoms with E-state index in [-0.39, 0.29) is 18.2 Å². The molecule has 3 nitrogen and oxygen atoms in total. The Morgan fingerprint density at radius 1 is 1.42 bits per heavy atom. The minimum Gasteiger partial charge on any atom is -0.392 e. The van der Waals surface area contributed by atoms with Crippen molar-refractivity contribution in [1.29, 1.82) is 0 Å². The Morgan fingerprint density at radius 3 is 2.89 bits per heavy atom. The van der Waals surface area contributed by atoms with Crippen molar-refractivity contribution in [3.8, 4) is 0 Å². The number of aliphatic hydroxyl groups excluding tert-OH is 1. The summed E-state index contributed by atoms with van der Waals surface area (Å²) in [5.41, 5.74) is 2.84. The third-order valence-corrected chi connectivity index (χ3v) is 4.53. The van der Waals surface area contributed by atoms with Crippen LogP contribution in [0.15, 0.2) is 24.3 Å². The molecule has 3 rings (SSSR count). The zero-order chi connectivity index (χ0) is 13.6. The van der Waals surface area contributed by atoms with E-state index in [0.717, 1.165) is 6.42 Å². The summed E-state index contributed by atoms with van der Waals surface area (Å²) >= 11 is 0. The van der Waals surface area contributed by atoms with Crippen LogP contribution < -0.4 is 5.32 Å². The second-order valence-electron chi connectivity index (χ2n) is 6.20. The number of rotatable bonds is 4. The number of amides is 1. The van der Waals surface area contributed by atoms with Crippen molar-refractivity contribution in [3.63, 3.8) is 0 Å². The third kappa shape index (κ3) is 2.27. The molecule has 19 heavy (non-hydrogen) atoms. The van der Waals surface area contributed by atoms with Gasteiger partial charge in [0.05, 0.1) is 12.5 Å². The average molecular weight is 259 g/mol. The molecular weight excluding hydrogens is 238 g/mol. The van der Waals surface area contributed by atoms with Crippen molar-refractivity contribution in [2.75, 3.05) is 0 Å². The summed E-state index contributed by atoms with van der Waals surface area (Å²) in [5, 5.41) is 12.8. The smallest absolute Gasteiger partial charge is 0.222 e. The fourth-order valence-corrected chi connectivity index (χ4v) is 3.22. The standard InChI is InChI=1S/C16H21NO2/c1-9(2)13(18)8-14(19)17-16-12-7-10-5-3-4-6-11(10)15(12)16/h3-6,9,12-13,15-16,18H,7-8H2,1-2H3,(H,17,19). The molecule has 1 saturated carbocycles. The van der Waals surface area contributed by atoms with E-state index in [1.807, 2.05) is 13.8 Å². The van der Waals surface area contributed by atoms with E-state index in [1.165, 1.54) is 11.1 Å². The Morgan fingerprint density at radius 2 is 2.16 bits per heavy atom. The second-order valence-corrected chi connectivity index (χ2v) is 6.20. The molecule has 1 amide bonds. The van der Waals surface area contributed by atoms with Crippen molar-refractivity contribution >= 4 is 5.91 Å². The lowest BCUT2D eigenvalue weighted by atomic mass is 10.0. The van der Waals surface area contributed by atoms with Gasteiger partial charge in [-0.05, 0) is 29.4 Å². The van der Waals surface area contributed by atoms with E-state index in [4.69, 9.17) is 0 Å². The van der Waals surface area contributed by atoms with E-state index in [9.17, 15) is 9.90 Å². The van der Waals surface area contributed by atoms with Gasteiger partial charge < -0.3 is 10.4 Å². The number of carbonyl (C=O) groups excluding carboxylic acids is 1. The average Bonchev–Trinajstić information content (AvgIpc) is 2.87. The maximum atomic E-state index is 11.9. The van der Waals surface area contributed by atoms with Crippen LogP contribution in [0.1, 0.15) is 37.3 Å². The fourth-order valence-electron chi connectivity index (χ4n) is 3.22. The number of hydrogen-bond donors (Lipinski definition) is 2. The molecule has 3 heteroatoms. The number of aliphatic hydroxyl groups is 1. The van der Waals surface area contributed by atoms with Crippen LogP contribution >= 0.6 is 0 Å². The van der Waals surface area contributed by atoms with Crippen LogP contribution in [0, 0.1) is 11.8 Å². The molecule has 2 N–H and O–H groups in total. The molecule has 2 aliphatic carbocycles. The molecule has 2 aliphatic rings. The highest BCUT2D eigenvalue weighted by Crippen LogP contribution is 2.56. The molecule has 0 spiro atoms. The quantitative estimate of drug-likeness (QED) is 0.867. The van der Waals surface area contributed by atoms with Gasteiger partial charge in [-0.1, -0.05) is 38.1 Å². The SMILES string of the molecule is CC(C)C(O)CC(=O)NC1C2Cc3ccccc3C21. The monoisotopic (exact) mass is 259 g/mol. The maximum Gasteiger partial charge on any atom is 0.222 e. The van der Waals surface area contributed by atoms with E-state index >= 15 is 0 Å². The molecule has 0 heterocycles. The Balaban J connectivity index is 1.57. The summed E-state index contributed by atoms with van der Waals surface area (Å²) in [6, 6.07) is 8.80. The van der Waals surface area contributed by atoms with Gasteiger partial charge in [0.25, 0.3) is 0 Å². The van der Waals surface area contributed by atoms with E-state index in [2.05, 4.69) is 29.6 Å². The van der Waals surface area contributed by atoms with Crippen LogP contribution in [-0.2, 0) is 11.2 Å². The summed E-state index contributed by atoms with van der Waals surface area (Å²) in [4.78, 5) is 11.9. The van der Waals surface area contributed by atoms with Crippen molar-refractivity contribution in [3.05, 3.63) is 35.4 Å². The zero-order valence-electron chi connectivity index (χ0n) is 11.5. The molecule has 1 fully saturated rings. The van der Waals surface area contributed by atoms with Crippen LogP contribution in [0.2, 0.25) is 0 Å². The summed E-state index contributed by atoms with van der Waals surface area (Å²) in [6.45, 7) is 3.86. The first kappa shape index (κ1) is 12.7. The second kappa shape index (κ2) is 4.64. The van der Waals surface area contributed by atoms with Crippen molar-refractivity contribution in [2.45, 2.75) is 44.8 Å². The molecule has 1 aromatic carbocycles. The fraction of sp³-hybridized carbons (Fsp3) is 0.562. The predicted molar refractivity (Wildman–Crippen MR) is 73.8 cm³/mol. The topological polar surface area (TPSA) is 49.3 Å². The van der Waals surface area contributed by atoms with Gasteiger partial charge in [-0.25, -0.2) is 0 Å². The summed E-state index contributed by atoms with van der Waals surface area (Å²) < 4.78 is 0. The first-order valence-corrected chi connectivity index (χ1v) is 7.13. The van der Waals surface area contributed by atoms with Crippen LogP contribution in [0.3, 0.4) is 0 Å². The van der Waals surface area contributed by atoms with Gasteiger partial charge in [-0.2, -0.15) is 0 Å². The van der Waals surface area contributed by atoms with Gasteiger partial charge in [0.15, 0.2) is 0 Å². The summed E-state index contributed by atoms with van der Waals surface area (Å²) in [7, 11) is 0. The van der Waals surface area contributed by atoms with E-state index < -0.39 is 6.10 Å². The molecule has 0 radical (unpaired) electrons. The summed E-state index contributed by atoms with van der Waals surface area (Å²) in [6.07, 6.45) is 0.763. The van der Waals surface area contributed by atoms with E-state index in [1.54, 1.807) is 0 Å². The molecule has 0 saturated heterocycles. The number of carbonyl (C=O) groups is 1. The van der Waals surface area contributed by atoms with Crippen molar-refractivity contribution in [2.24, 2.45) is 11.8 Å². The molecule has 102 valence electrons. The lowest BCUT2D eigenvalue weighted by Gasteiger charge is -2.15. The Hall–Kier alpha value is -1.35. The van der Waals surface area contributed by atoms with Crippen molar-refractivity contribution in [1.82, 2.24) is 5.32 Å². The Bertz CT molecular complexity index is 497. The molecule has 1 aromatic rings. The Labute approximate surface area is 114 Å². The zero-order valence-corrected chi connectivity index (χ0v) is 11.5. The molecule has 4 atom stereocenters. The lowest BCUT2D eigenvalue weighted by Crippen LogP contribution is -2.33. The van der Waals surface area contributed by atoms with E-state index in [0.29, 0.717) is 17.9 Å². The minimum absolute atomic E-state index is 0.0157. The third-order valence-electron chi connectivity index (χ3n) is 4.53. The molecule has 4 unspecified atom stereocenters. The highest BCUT2D eigenvalue weighted by Gasteiger charge is 2.56. The van der Waals surface area contributed by atoms with Crippen LogP contribution in [0.5, 0.6) is 0 Å². The number of nitrogens with one attached hydrogen (secondary N) is 1. The van der Waals surface area contributed by atoms with Crippen LogP contribution in [0.25, 0.3) is 0 Å². The van der Waals surface area contributed by atoms with Gasteiger partial charge in [0.1, 0.15) is 0 Å². The lowest BCUT2D eigenvalue weighted by molar-refractivity contribution is -0.123. The van der Waals surface area contributed by atoms with Crippen LogP contribution in [-0.4, -0.2) is 23.2 Å². The van der Waals surface area contributed by atoms with Gasteiger partial charge in [-0.3, -0.25) is 4.79 Å². The van der Waals surface area contributed by atoms with Crippen LogP contribution in [0.4, 0.5) is 0 Å². The largest absolute Gasteiger partial charge is 0.392 e. The number of hydrogen-bond acceptors (Lipinski definition) is 2. The Kier molecular flexibility index (Phi) is 3.09. The molecular formula is C16H21NO2. The van der Waals surface area contributed by atoms with Crippen molar-refractivity contribution < 1.29 is 9.90 Å². The van der Waals surface area contributed by atoms with Gasteiger partial charge in [0, 0.05) is 12.0 Å². The minimum atomic E-state index is -0.536. The number of benzene rings is 1. The highest BCUT2D eigenvalue weighted by molar-refractivity contribution is 5.77.